The molecule has 258 valence electrons. The number of aliphatic carboxylic acids is 2. The number of carboxylic acid groups (broad SMARTS) is 2. The maximum absolute atomic E-state index is 13.9. The zero-order valence-electron chi connectivity index (χ0n) is 26.6. The Hall–Kier alpha value is -4.66. The Morgan fingerprint density at radius 3 is 2.19 bits per heavy atom. The van der Waals surface area contributed by atoms with E-state index >= 15 is 0 Å². The minimum absolute atomic E-state index is 0.0228. The Labute approximate surface area is 277 Å². The topological polar surface area (TPSA) is 218 Å². The Kier molecular flexibility index (Phi) is 14.7. The summed E-state index contributed by atoms with van der Waals surface area (Å²) in [6.07, 6.45) is -0.793. The lowest BCUT2D eigenvalue weighted by atomic mass is 9.85. The molecule has 16 heteroatoms. The fourth-order valence-corrected chi connectivity index (χ4v) is 4.92. The highest BCUT2D eigenvalue weighted by atomic mass is 35.5. The summed E-state index contributed by atoms with van der Waals surface area (Å²) in [6, 6.07) is 3.54. The first-order valence-electron chi connectivity index (χ1n) is 14.9. The molecule has 1 fully saturated rings. The molecule has 1 heterocycles. The standard InChI is InChI=1S/C31H41ClN4O11/c1-5-46-29(44)20(32)14-19(15-23(37)38)33-27(42)22-12-9-13-36(22)28(43)25(31(2,3)4)35-26(41)21(16-24(39)40)34-30(45)47-17-18-10-7-6-8-11-18/h6-8,10-11,14,19,21-22,25H,5,9,12-13,15-17H2,1-4H3,(H,33,42)(H,34,45)(H,35,41)(H,37,38)(H,39,40)/b20-14-/t19-,21+,22-,25+/m1/s1. The third-order valence-corrected chi connectivity index (χ3v) is 7.26. The molecule has 1 aromatic rings. The number of ether oxygens (including phenoxy) is 2. The largest absolute Gasteiger partial charge is 0.481 e. The van der Waals surface area contributed by atoms with Crippen molar-refractivity contribution in [3.8, 4) is 0 Å². The molecule has 0 saturated carbocycles. The van der Waals surface area contributed by atoms with Gasteiger partial charge in [-0.1, -0.05) is 62.7 Å². The molecule has 2 rings (SSSR count). The molecule has 0 aliphatic carbocycles. The molecule has 1 aliphatic heterocycles. The third-order valence-electron chi connectivity index (χ3n) is 6.98. The van der Waals surface area contributed by atoms with Crippen LogP contribution in [0, 0.1) is 5.41 Å². The van der Waals surface area contributed by atoms with Crippen LogP contribution in [0.4, 0.5) is 4.79 Å². The normalized spacial score (nSPS) is 16.7. The average molecular weight is 681 g/mol. The molecule has 1 aromatic carbocycles. The van der Waals surface area contributed by atoms with Gasteiger partial charge in [-0.2, -0.15) is 0 Å². The molecule has 1 saturated heterocycles. The van der Waals surface area contributed by atoms with Gasteiger partial charge in [-0.05, 0) is 36.8 Å². The monoisotopic (exact) mass is 680 g/mol. The summed E-state index contributed by atoms with van der Waals surface area (Å²) in [4.78, 5) is 89.2. The van der Waals surface area contributed by atoms with Gasteiger partial charge in [0.25, 0.3) is 0 Å². The summed E-state index contributed by atoms with van der Waals surface area (Å²) in [5.41, 5.74) is -0.281. The van der Waals surface area contributed by atoms with E-state index in [-0.39, 0.29) is 26.2 Å². The van der Waals surface area contributed by atoms with E-state index in [2.05, 4.69) is 16.0 Å². The summed E-state index contributed by atoms with van der Waals surface area (Å²) >= 11 is 5.95. The van der Waals surface area contributed by atoms with Gasteiger partial charge in [0.1, 0.15) is 29.8 Å². The van der Waals surface area contributed by atoms with Gasteiger partial charge in [0, 0.05) is 6.54 Å². The highest BCUT2D eigenvalue weighted by Crippen LogP contribution is 2.26. The first kappa shape index (κ1) is 38.5. The van der Waals surface area contributed by atoms with Gasteiger partial charge in [0.15, 0.2) is 0 Å². The van der Waals surface area contributed by atoms with Crippen LogP contribution in [-0.4, -0.2) is 94.2 Å². The van der Waals surface area contributed by atoms with Crippen molar-refractivity contribution in [2.45, 2.75) is 84.2 Å². The number of halogens is 1. The number of esters is 1. The van der Waals surface area contributed by atoms with E-state index in [0.29, 0.717) is 12.0 Å². The molecule has 0 radical (unpaired) electrons. The number of rotatable bonds is 15. The lowest BCUT2D eigenvalue weighted by Gasteiger charge is -2.36. The quantitative estimate of drug-likeness (QED) is 0.133. The number of hydrogen-bond donors (Lipinski definition) is 5. The fraction of sp³-hybridized carbons (Fsp3) is 0.516. The molecule has 4 atom stereocenters. The maximum atomic E-state index is 13.9. The Morgan fingerprint density at radius 2 is 1.62 bits per heavy atom. The van der Waals surface area contributed by atoms with E-state index in [9.17, 15) is 43.8 Å². The second-order valence-electron chi connectivity index (χ2n) is 11.8. The number of nitrogens with zero attached hydrogens (tertiary/aromatic N) is 1. The van der Waals surface area contributed by atoms with Crippen LogP contribution < -0.4 is 16.0 Å². The molecule has 0 bridgehead atoms. The summed E-state index contributed by atoms with van der Waals surface area (Å²) in [6.45, 7) is 6.54. The molecule has 47 heavy (non-hydrogen) atoms. The van der Waals surface area contributed by atoms with Crippen molar-refractivity contribution in [3.05, 3.63) is 47.0 Å². The van der Waals surface area contributed by atoms with Gasteiger partial charge >= 0.3 is 24.0 Å². The van der Waals surface area contributed by atoms with Crippen LogP contribution in [0.5, 0.6) is 0 Å². The van der Waals surface area contributed by atoms with Gasteiger partial charge in [-0.15, -0.1) is 0 Å². The first-order valence-corrected chi connectivity index (χ1v) is 15.3. The predicted octanol–water partition coefficient (Wildman–Crippen LogP) is 1.92. The van der Waals surface area contributed by atoms with Gasteiger partial charge in [0.2, 0.25) is 17.7 Å². The van der Waals surface area contributed by atoms with Gasteiger partial charge in [-0.3, -0.25) is 24.0 Å². The third kappa shape index (κ3) is 12.6. The van der Waals surface area contributed by atoms with Gasteiger partial charge in [-0.25, -0.2) is 9.59 Å². The van der Waals surface area contributed by atoms with Crippen LogP contribution in [0.2, 0.25) is 0 Å². The van der Waals surface area contributed by atoms with Crippen molar-refractivity contribution in [2.75, 3.05) is 13.2 Å². The molecule has 0 aromatic heterocycles. The van der Waals surface area contributed by atoms with E-state index in [4.69, 9.17) is 21.1 Å². The van der Waals surface area contributed by atoms with Crippen LogP contribution in [0.1, 0.15) is 58.9 Å². The van der Waals surface area contributed by atoms with Crippen molar-refractivity contribution in [3.63, 3.8) is 0 Å². The van der Waals surface area contributed by atoms with Crippen LogP contribution in [0.15, 0.2) is 41.4 Å². The van der Waals surface area contributed by atoms with E-state index in [1.165, 1.54) is 4.90 Å². The second kappa shape index (κ2) is 17.9. The Bertz CT molecular complexity index is 1350. The predicted molar refractivity (Wildman–Crippen MR) is 167 cm³/mol. The van der Waals surface area contributed by atoms with E-state index < -0.39 is 89.2 Å². The first-order chi connectivity index (χ1) is 22.0. The lowest BCUT2D eigenvalue weighted by molar-refractivity contribution is -0.145. The SMILES string of the molecule is CCOC(=O)/C(Cl)=C/[C@H](CC(=O)O)NC(=O)[C@H]1CCCN1C(=O)[C@H](NC(=O)[C@H](CC(=O)O)NC(=O)OCc1ccccc1)C(C)(C)C. The van der Waals surface area contributed by atoms with Crippen molar-refractivity contribution < 1.29 is 53.2 Å². The van der Waals surface area contributed by atoms with Crippen molar-refractivity contribution in [1.29, 1.82) is 0 Å². The number of likely N-dealkylation sites (tertiary alicyclic amines) is 1. The Morgan fingerprint density at radius 1 is 0.979 bits per heavy atom. The minimum atomic E-state index is -1.60. The van der Waals surface area contributed by atoms with E-state index in [1.807, 2.05) is 0 Å². The van der Waals surface area contributed by atoms with E-state index in [1.54, 1.807) is 58.0 Å². The minimum Gasteiger partial charge on any atom is -0.481 e. The molecule has 5 N–H and O–H groups in total. The molecule has 1 aliphatic rings. The molecule has 0 spiro atoms. The number of carboxylic acids is 2. The number of alkyl carbamates (subject to hydrolysis) is 1. The van der Waals surface area contributed by atoms with Crippen LogP contribution in [-0.2, 0) is 44.8 Å². The van der Waals surface area contributed by atoms with Crippen molar-refractivity contribution in [1.82, 2.24) is 20.9 Å². The van der Waals surface area contributed by atoms with Gasteiger partial charge < -0.3 is 40.5 Å². The van der Waals surface area contributed by atoms with Gasteiger partial charge in [0.05, 0.1) is 25.5 Å². The number of nitrogens with one attached hydrogen (secondary N) is 3. The highest BCUT2D eigenvalue weighted by molar-refractivity contribution is 6.41. The highest BCUT2D eigenvalue weighted by Gasteiger charge is 2.43. The molecule has 15 nitrogen and oxygen atoms in total. The maximum Gasteiger partial charge on any atom is 0.408 e. The zero-order valence-corrected chi connectivity index (χ0v) is 27.4. The molecule has 0 unspecified atom stereocenters. The lowest BCUT2D eigenvalue weighted by Crippen LogP contribution is -2.60. The summed E-state index contributed by atoms with van der Waals surface area (Å²) in [5.74, 6) is -5.91. The average Bonchev–Trinajstić information content (AvgIpc) is 3.48. The number of benzene rings is 1. The summed E-state index contributed by atoms with van der Waals surface area (Å²) < 4.78 is 9.91. The van der Waals surface area contributed by atoms with Crippen LogP contribution in [0.3, 0.4) is 0 Å². The number of amides is 4. The summed E-state index contributed by atoms with van der Waals surface area (Å²) in [7, 11) is 0. The number of carbonyl (C=O) groups excluding carboxylic acids is 5. The van der Waals surface area contributed by atoms with Crippen molar-refractivity contribution in [2.24, 2.45) is 5.41 Å². The smallest absolute Gasteiger partial charge is 0.408 e. The fourth-order valence-electron chi connectivity index (χ4n) is 4.71. The number of hydrogen-bond acceptors (Lipinski definition) is 9. The Balaban J connectivity index is 2.21. The van der Waals surface area contributed by atoms with Crippen LogP contribution in [0.25, 0.3) is 0 Å². The number of carbonyl (C=O) groups is 7. The molecular weight excluding hydrogens is 640 g/mol. The molecule has 4 amide bonds. The van der Waals surface area contributed by atoms with E-state index in [0.717, 1.165) is 6.08 Å². The molecular formula is C31H41ClN4O11. The van der Waals surface area contributed by atoms with Crippen molar-refractivity contribution >= 4 is 53.3 Å². The van der Waals surface area contributed by atoms with Crippen LogP contribution >= 0.6 is 11.6 Å². The second-order valence-corrected chi connectivity index (χ2v) is 12.2. The summed E-state index contributed by atoms with van der Waals surface area (Å²) in [5, 5.41) is 25.6. The zero-order chi connectivity index (χ0) is 35.3.